The monoisotopic (exact) mass is 601 g/mol. The van der Waals surface area contributed by atoms with E-state index in [1.165, 1.54) is 0 Å². The summed E-state index contributed by atoms with van der Waals surface area (Å²) in [7, 11) is 0. The van der Waals surface area contributed by atoms with Gasteiger partial charge in [-0.25, -0.2) is 4.99 Å². The zero-order valence-corrected chi connectivity index (χ0v) is 22.6. The normalized spacial score (nSPS) is 9.88. The first-order valence-corrected chi connectivity index (χ1v) is 13.3. The Labute approximate surface area is 250 Å². The minimum Gasteiger partial charge on any atom is -0.298 e. The summed E-state index contributed by atoms with van der Waals surface area (Å²) in [6.07, 6.45) is 1.78. The van der Waals surface area contributed by atoms with Gasteiger partial charge in [0.2, 0.25) is 0 Å². The molecule has 3 nitrogen and oxygen atoms in total. The molecule has 204 valence electrons. The van der Waals surface area contributed by atoms with E-state index >= 15 is 0 Å². The summed E-state index contributed by atoms with van der Waals surface area (Å²) in [6, 6.07) is 43.6. The van der Waals surface area contributed by atoms with Gasteiger partial charge in [-0.3, -0.25) is 9.59 Å². The highest BCUT2D eigenvalue weighted by molar-refractivity contribution is 9.10. The van der Waals surface area contributed by atoms with Crippen LogP contribution in [0.2, 0.25) is 0 Å². The van der Waals surface area contributed by atoms with Gasteiger partial charge in [-0.15, -0.1) is 0 Å². The van der Waals surface area contributed by atoms with Gasteiger partial charge in [0.05, 0.1) is 11.4 Å². The van der Waals surface area contributed by atoms with Crippen molar-refractivity contribution in [2.24, 2.45) is 4.99 Å². The van der Waals surface area contributed by atoms with Gasteiger partial charge in [0, 0.05) is 26.7 Å². The van der Waals surface area contributed by atoms with Crippen LogP contribution < -0.4 is 0 Å². The Morgan fingerprint density at radius 2 is 1.02 bits per heavy atom. The lowest BCUT2D eigenvalue weighted by atomic mass is 10.0. The molecule has 0 atom stereocenters. The maximum Gasteiger partial charge on any atom is 0.150 e. The minimum atomic E-state index is 0. The molecule has 6 aromatic rings. The molecule has 6 rings (SSSR count). The molecule has 0 aromatic heterocycles. The first-order chi connectivity index (χ1) is 19.2. The van der Waals surface area contributed by atoms with Gasteiger partial charge in [0.25, 0.3) is 0 Å². The molecule has 0 amide bonds. The molecule has 0 N–H and O–H groups in total. The quantitative estimate of drug-likeness (QED) is 0.146. The summed E-state index contributed by atoms with van der Waals surface area (Å²) in [4.78, 5) is 27.0. The number of benzene rings is 6. The smallest absolute Gasteiger partial charge is 0.150 e. The maximum atomic E-state index is 11.4. The standard InChI is InChI=1S/C24H17NO.C11H7BrO.2CH4/c26-17-21-13-7-12-18-14-15-22(16-23(18)21)25-24(19-8-3-1-4-9-19)20-10-5-2-6-11-20;12-10-5-4-8-2-1-3-9(7-13)11(8)6-10;;/h1-17H;1-7H;2*1H4. The van der Waals surface area contributed by atoms with E-state index in [4.69, 9.17) is 4.99 Å². The van der Waals surface area contributed by atoms with Crippen LogP contribution in [0.25, 0.3) is 21.5 Å². The topological polar surface area (TPSA) is 46.5 Å². The van der Waals surface area contributed by atoms with Gasteiger partial charge in [0.1, 0.15) is 0 Å². The molecule has 6 aromatic carbocycles. The van der Waals surface area contributed by atoms with E-state index in [1.807, 2.05) is 109 Å². The Bertz CT molecular complexity index is 1750. The third-order valence-electron chi connectivity index (χ3n) is 6.37. The average molecular weight is 603 g/mol. The maximum absolute atomic E-state index is 11.4. The van der Waals surface area contributed by atoms with Crippen molar-refractivity contribution in [3.05, 3.63) is 160 Å². The van der Waals surface area contributed by atoms with E-state index in [-0.39, 0.29) is 14.9 Å². The van der Waals surface area contributed by atoms with Crippen molar-refractivity contribution in [1.29, 1.82) is 0 Å². The number of halogens is 1. The molecule has 0 unspecified atom stereocenters. The Morgan fingerprint density at radius 3 is 1.54 bits per heavy atom. The predicted octanol–water partition coefficient (Wildman–Crippen LogP) is 10.5. The van der Waals surface area contributed by atoms with Crippen molar-refractivity contribution in [1.82, 2.24) is 0 Å². The van der Waals surface area contributed by atoms with Crippen molar-refractivity contribution in [2.75, 3.05) is 0 Å². The molecule has 0 aliphatic heterocycles. The molecule has 0 aliphatic rings. The first kappa shape index (κ1) is 30.9. The number of nitrogens with zero attached hydrogens (tertiary/aromatic N) is 1. The highest BCUT2D eigenvalue weighted by Crippen LogP contribution is 2.26. The summed E-state index contributed by atoms with van der Waals surface area (Å²) >= 11 is 3.38. The fourth-order valence-electron chi connectivity index (χ4n) is 4.45. The Hall–Kier alpha value is -4.67. The number of aliphatic imine (C=N–C) groups is 1. The van der Waals surface area contributed by atoms with Crippen molar-refractivity contribution in [2.45, 2.75) is 14.9 Å². The van der Waals surface area contributed by atoms with Crippen LogP contribution in [0.5, 0.6) is 0 Å². The molecular formula is C37H32BrNO2. The second kappa shape index (κ2) is 14.6. The Morgan fingerprint density at radius 1 is 0.537 bits per heavy atom. The average Bonchev–Trinajstić information content (AvgIpc) is 3.00. The molecule has 0 bridgehead atoms. The van der Waals surface area contributed by atoms with E-state index in [2.05, 4.69) is 40.2 Å². The number of aldehydes is 2. The van der Waals surface area contributed by atoms with E-state index in [9.17, 15) is 9.59 Å². The van der Waals surface area contributed by atoms with Gasteiger partial charge in [-0.1, -0.05) is 140 Å². The van der Waals surface area contributed by atoms with Crippen LogP contribution in [-0.4, -0.2) is 18.3 Å². The number of rotatable bonds is 5. The lowest BCUT2D eigenvalue weighted by Gasteiger charge is -2.09. The number of carbonyl (C=O) groups is 2. The Kier molecular flexibility index (Phi) is 11.0. The first-order valence-electron chi connectivity index (χ1n) is 12.5. The van der Waals surface area contributed by atoms with Crippen molar-refractivity contribution >= 4 is 61.4 Å². The van der Waals surface area contributed by atoms with E-state index in [0.717, 1.165) is 66.7 Å². The van der Waals surface area contributed by atoms with Crippen LogP contribution >= 0.6 is 15.9 Å². The highest BCUT2D eigenvalue weighted by Gasteiger charge is 2.08. The van der Waals surface area contributed by atoms with Crippen molar-refractivity contribution in [3.8, 4) is 0 Å². The van der Waals surface area contributed by atoms with Crippen molar-refractivity contribution < 1.29 is 9.59 Å². The van der Waals surface area contributed by atoms with E-state index in [0.29, 0.717) is 5.56 Å². The van der Waals surface area contributed by atoms with E-state index in [1.54, 1.807) is 0 Å². The fourth-order valence-corrected chi connectivity index (χ4v) is 4.81. The van der Waals surface area contributed by atoms with Gasteiger partial charge in [0.15, 0.2) is 12.6 Å². The van der Waals surface area contributed by atoms with Gasteiger partial charge in [-0.2, -0.15) is 0 Å². The van der Waals surface area contributed by atoms with Crippen molar-refractivity contribution in [3.63, 3.8) is 0 Å². The van der Waals surface area contributed by atoms with Crippen LogP contribution in [0, 0.1) is 0 Å². The Balaban J connectivity index is 0.000000262. The summed E-state index contributed by atoms with van der Waals surface area (Å²) in [5, 5.41) is 4.04. The van der Waals surface area contributed by atoms with Gasteiger partial charge < -0.3 is 0 Å². The summed E-state index contributed by atoms with van der Waals surface area (Å²) < 4.78 is 0.995. The molecule has 0 fully saturated rings. The third-order valence-corrected chi connectivity index (χ3v) is 6.86. The van der Waals surface area contributed by atoms with Gasteiger partial charge in [-0.05, 0) is 45.8 Å². The van der Waals surface area contributed by atoms with E-state index < -0.39 is 0 Å². The zero-order chi connectivity index (χ0) is 27.0. The predicted molar refractivity (Wildman–Crippen MR) is 178 cm³/mol. The summed E-state index contributed by atoms with van der Waals surface area (Å²) in [5.41, 5.74) is 5.27. The zero-order valence-electron chi connectivity index (χ0n) is 21.0. The molecule has 41 heavy (non-hydrogen) atoms. The highest BCUT2D eigenvalue weighted by atomic mass is 79.9. The lowest BCUT2D eigenvalue weighted by Crippen LogP contribution is -2.02. The van der Waals surface area contributed by atoms with Crippen LogP contribution in [0.4, 0.5) is 5.69 Å². The largest absolute Gasteiger partial charge is 0.298 e. The second-order valence-electron chi connectivity index (χ2n) is 8.89. The van der Waals surface area contributed by atoms with Crippen LogP contribution in [-0.2, 0) is 0 Å². The van der Waals surface area contributed by atoms with Crippen LogP contribution in [0.15, 0.2) is 143 Å². The minimum absolute atomic E-state index is 0. The van der Waals surface area contributed by atoms with Gasteiger partial charge >= 0.3 is 0 Å². The SMILES string of the molecule is C.C.O=Cc1cccc2ccc(Br)cc12.O=Cc1cccc2ccc(N=C(c3ccccc3)c3ccccc3)cc12. The molecule has 0 spiro atoms. The molecular weight excluding hydrogens is 570 g/mol. The molecule has 0 aliphatic carbocycles. The van der Waals surface area contributed by atoms with Crippen LogP contribution in [0.3, 0.4) is 0 Å². The summed E-state index contributed by atoms with van der Waals surface area (Å²) in [6.45, 7) is 0. The third kappa shape index (κ3) is 7.30. The molecule has 0 saturated carbocycles. The molecule has 0 radical (unpaired) electrons. The number of hydrogen-bond acceptors (Lipinski definition) is 3. The number of fused-ring (bicyclic) bond motifs is 2. The lowest BCUT2D eigenvalue weighted by molar-refractivity contribution is 0.111. The molecule has 0 heterocycles. The summed E-state index contributed by atoms with van der Waals surface area (Å²) in [5.74, 6) is 0. The number of carbonyl (C=O) groups excluding carboxylic acids is 2. The second-order valence-corrected chi connectivity index (χ2v) is 9.81. The molecule has 0 saturated heterocycles. The fraction of sp³-hybridized carbons (Fsp3) is 0.0541. The van der Waals surface area contributed by atoms with Crippen LogP contribution in [0.1, 0.15) is 46.7 Å². The number of hydrogen-bond donors (Lipinski definition) is 0. The molecule has 4 heteroatoms.